The van der Waals surface area contributed by atoms with Gasteiger partial charge < -0.3 is 5.11 Å². The van der Waals surface area contributed by atoms with E-state index in [4.69, 9.17) is 0 Å². The van der Waals surface area contributed by atoms with Gasteiger partial charge in [0, 0.05) is 10.8 Å². The smallest absolute Gasteiger partial charge is 0.122 e. The average Bonchev–Trinajstić information content (AvgIpc) is 2.24. The van der Waals surface area contributed by atoms with E-state index in [0.29, 0.717) is 5.75 Å². The first-order chi connectivity index (χ1) is 7.27. The second-order valence-corrected chi connectivity index (χ2v) is 3.95. The maximum Gasteiger partial charge on any atom is 0.122 e. The molecule has 0 saturated carbocycles. The fourth-order valence-electron chi connectivity index (χ4n) is 1.47. The maximum absolute atomic E-state index is 9.62. The van der Waals surface area contributed by atoms with E-state index in [-0.39, 0.29) is 5.25 Å². The Morgan fingerprint density at radius 1 is 1.20 bits per heavy atom. The standard InChI is InChI=1S/C13H12OS/c14-12-7-3-1-5-10(12)9-11-6-2-4-8-13(11)15/h1-9,13-15H/b11-9-. The summed E-state index contributed by atoms with van der Waals surface area (Å²) in [7, 11) is 0. The number of aromatic hydroxyl groups is 1. The molecular formula is C13H12OS. The first-order valence-electron chi connectivity index (χ1n) is 4.80. The number of hydrogen-bond donors (Lipinski definition) is 2. The van der Waals surface area contributed by atoms with Crippen molar-refractivity contribution in [1.82, 2.24) is 0 Å². The Hall–Kier alpha value is -1.41. The van der Waals surface area contributed by atoms with Gasteiger partial charge in [-0.3, -0.25) is 0 Å². The molecule has 0 amide bonds. The van der Waals surface area contributed by atoms with Crippen molar-refractivity contribution in [3.8, 4) is 5.75 Å². The Morgan fingerprint density at radius 3 is 2.73 bits per heavy atom. The molecule has 1 atom stereocenters. The van der Waals surface area contributed by atoms with E-state index in [1.807, 2.05) is 48.6 Å². The number of rotatable bonds is 1. The zero-order valence-electron chi connectivity index (χ0n) is 8.17. The average molecular weight is 216 g/mol. The molecule has 15 heavy (non-hydrogen) atoms. The van der Waals surface area contributed by atoms with Crippen LogP contribution in [0.3, 0.4) is 0 Å². The molecule has 1 aromatic carbocycles. The van der Waals surface area contributed by atoms with Crippen LogP contribution in [0, 0.1) is 0 Å². The minimum atomic E-state index is 0.106. The highest BCUT2D eigenvalue weighted by molar-refractivity contribution is 7.81. The highest BCUT2D eigenvalue weighted by Gasteiger charge is 2.06. The van der Waals surface area contributed by atoms with E-state index in [0.717, 1.165) is 11.1 Å². The van der Waals surface area contributed by atoms with Crippen LogP contribution in [0.15, 0.2) is 54.1 Å². The minimum Gasteiger partial charge on any atom is -0.507 e. The third-order valence-corrected chi connectivity index (χ3v) is 2.76. The predicted octanol–water partition coefficient (Wildman–Crippen LogP) is 3.20. The van der Waals surface area contributed by atoms with Gasteiger partial charge in [-0.05, 0) is 17.7 Å². The van der Waals surface area contributed by atoms with Crippen LogP contribution >= 0.6 is 12.6 Å². The number of allylic oxidation sites excluding steroid dienone is 3. The highest BCUT2D eigenvalue weighted by Crippen LogP contribution is 2.24. The summed E-state index contributed by atoms with van der Waals surface area (Å²) in [6.45, 7) is 0. The van der Waals surface area contributed by atoms with Crippen LogP contribution in [0.2, 0.25) is 0 Å². The maximum atomic E-state index is 9.62. The quantitative estimate of drug-likeness (QED) is 0.691. The molecule has 0 aromatic heterocycles. The molecule has 1 aliphatic carbocycles. The largest absolute Gasteiger partial charge is 0.507 e. The molecule has 2 heteroatoms. The van der Waals surface area contributed by atoms with Crippen LogP contribution in [0.25, 0.3) is 6.08 Å². The minimum absolute atomic E-state index is 0.106. The number of hydrogen-bond acceptors (Lipinski definition) is 2. The summed E-state index contributed by atoms with van der Waals surface area (Å²) in [5, 5.41) is 9.72. The molecule has 0 saturated heterocycles. The Kier molecular flexibility index (Phi) is 2.97. The third-order valence-electron chi connectivity index (χ3n) is 2.29. The van der Waals surface area contributed by atoms with E-state index < -0.39 is 0 Å². The number of phenolic OH excluding ortho intramolecular Hbond substituents is 1. The van der Waals surface area contributed by atoms with Crippen molar-refractivity contribution in [3.05, 3.63) is 59.7 Å². The molecule has 0 spiro atoms. The van der Waals surface area contributed by atoms with Gasteiger partial charge in [0.1, 0.15) is 5.75 Å². The van der Waals surface area contributed by atoms with Crippen molar-refractivity contribution in [1.29, 1.82) is 0 Å². The van der Waals surface area contributed by atoms with Crippen molar-refractivity contribution in [2.24, 2.45) is 0 Å². The Morgan fingerprint density at radius 2 is 2.00 bits per heavy atom. The molecule has 0 bridgehead atoms. The fourth-order valence-corrected chi connectivity index (χ4v) is 1.73. The summed E-state index contributed by atoms with van der Waals surface area (Å²) in [6, 6.07) is 7.28. The van der Waals surface area contributed by atoms with Crippen molar-refractivity contribution in [2.75, 3.05) is 0 Å². The van der Waals surface area contributed by atoms with Crippen molar-refractivity contribution < 1.29 is 5.11 Å². The van der Waals surface area contributed by atoms with E-state index in [2.05, 4.69) is 12.6 Å². The first kappa shape index (κ1) is 10.1. The molecular weight excluding hydrogens is 204 g/mol. The summed E-state index contributed by atoms with van der Waals surface area (Å²) >= 11 is 4.43. The molecule has 0 heterocycles. The Bertz CT molecular complexity index is 444. The first-order valence-corrected chi connectivity index (χ1v) is 5.31. The molecule has 1 aliphatic rings. The SMILES string of the molecule is Oc1ccccc1/C=C1/C=CC=CC1S. The highest BCUT2D eigenvalue weighted by atomic mass is 32.1. The van der Waals surface area contributed by atoms with Gasteiger partial charge in [0.15, 0.2) is 0 Å². The number of thiol groups is 1. The van der Waals surface area contributed by atoms with Gasteiger partial charge in [-0.1, -0.05) is 42.5 Å². The van der Waals surface area contributed by atoms with E-state index in [1.165, 1.54) is 0 Å². The number of para-hydroxylation sites is 1. The molecule has 2 rings (SSSR count). The second kappa shape index (κ2) is 4.41. The lowest BCUT2D eigenvalue weighted by atomic mass is 10.0. The molecule has 0 radical (unpaired) electrons. The third kappa shape index (κ3) is 2.34. The molecule has 0 fully saturated rings. The molecule has 76 valence electrons. The lowest BCUT2D eigenvalue weighted by Crippen LogP contribution is -1.99. The van der Waals surface area contributed by atoms with E-state index in [9.17, 15) is 5.11 Å². The lowest BCUT2D eigenvalue weighted by Gasteiger charge is -2.10. The van der Waals surface area contributed by atoms with Gasteiger partial charge in [-0.25, -0.2) is 0 Å². The van der Waals surface area contributed by atoms with Gasteiger partial charge >= 0.3 is 0 Å². The van der Waals surface area contributed by atoms with Crippen LogP contribution in [-0.2, 0) is 0 Å². The van der Waals surface area contributed by atoms with Gasteiger partial charge in [0.2, 0.25) is 0 Å². The van der Waals surface area contributed by atoms with Gasteiger partial charge in [-0.2, -0.15) is 12.6 Å². The Labute approximate surface area is 94.9 Å². The lowest BCUT2D eigenvalue weighted by molar-refractivity contribution is 0.474. The normalized spacial score (nSPS) is 22.2. The van der Waals surface area contributed by atoms with Gasteiger partial charge in [-0.15, -0.1) is 0 Å². The van der Waals surface area contributed by atoms with Crippen LogP contribution in [-0.4, -0.2) is 10.4 Å². The molecule has 1 unspecified atom stereocenters. The fraction of sp³-hybridized carbons (Fsp3) is 0.0769. The van der Waals surface area contributed by atoms with Crippen LogP contribution in [0.5, 0.6) is 5.75 Å². The summed E-state index contributed by atoms with van der Waals surface area (Å²) in [5.74, 6) is 0.300. The van der Waals surface area contributed by atoms with Crippen molar-refractivity contribution >= 4 is 18.7 Å². The predicted molar refractivity (Wildman–Crippen MR) is 67.1 cm³/mol. The number of benzene rings is 1. The van der Waals surface area contributed by atoms with Gasteiger partial charge in [0.25, 0.3) is 0 Å². The van der Waals surface area contributed by atoms with Crippen LogP contribution < -0.4 is 0 Å². The summed E-state index contributed by atoms with van der Waals surface area (Å²) in [4.78, 5) is 0. The second-order valence-electron chi connectivity index (χ2n) is 3.39. The topological polar surface area (TPSA) is 20.2 Å². The summed E-state index contributed by atoms with van der Waals surface area (Å²) < 4.78 is 0. The van der Waals surface area contributed by atoms with E-state index >= 15 is 0 Å². The number of phenols is 1. The zero-order chi connectivity index (χ0) is 10.7. The summed E-state index contributed by atoms with van der Waals surface area (Å²) in [6.07, 6.45) is 9.91. The van der Waals surface area contributed by atoms with E-state index in [1.54, 1.807) is 6.07 Å². The molecule has 1 N–H and O–H groups in total. The molecule has 1 nitrogen and oxygen atoms in total. The Balaban J connectivity index is 2.34. The molecule has 0 aliphatic heterocycles. The van der Waals surface area contributed by atoms with Crippen LogP contribution in [0.4, 0.5) is 0 Å². The van der Waals surface area contributed by atoms with Crippen LogP contribution in [0.1, 0.15) is 5.56 Å². The summed E-state index contributed by atoms with van der Waals surface area (Å²) in [5.41, 5.74) is 1.91. The molecule has 1 aromatic rings. The zero-order valence-corrected chi connectivity index (χ0v) is 9.06. The van der Waals surface area contributed by atoms with Gasteiger partial charge in [0.05, 0.1) is 0 Å². The van der Waals surface area contributed by atoms with Crippen molar-refractivity contribution in [3.63, 3.8) is 0 Å². The van der Waals surface area contributed by atoms with Crippen molar-refractivity contribution in [2.45, 2.75) is 5.25 Å². The monoisotopic (exact) mass is 216 g/mol.